The molecule has 0 unspecified atom stereocenters. The quantitative estimate of drug-likeness (QED) is 0.170. The number of ether oxygens (including phenoxy) is 3. The molecule has 3 aliphatic rings. The van der Waals surface area contributed by atoms with Crippen LogP contribution in [-0.4, -0.2) is 113 Å². The lowest BCUT2D eigenvalue weighted by Gasteiger charge is -2.37. The Morgan fingerprint density at radius 2 is 1.48 bits per heavy atom. The van der Waals surface area contributed by atoms with Gasteiger partial charge < -0.3 is 38.0 Å². The average Bonchev–Trinajstić information content (AvgIpc) is 3.24. The fraction of sp³-hybridized carbons (Fsp3) is 0.523. The molecule has 58 heavy (non-hydrogen) atoms. The van der Waals surface area contributed by atoms with Gasteiger partial charge in [-0.15, -0.1) is 0 Å². The summed E-state index contributed by atoms with van der Waals surface area (Å²) in [6.07, 6.45) is 14.5. The number of aryl methyl sites for hydroxylation is 1. The van der Waals surface area contributed by atoms with Crippen molar-refractivity contribution < 1.29 is 23.8 Å². The Bertz CT molecular complexity index is 2160. The van der Waals surface area contributed by atoms with Crippen LogP contribution in [0.1, 0.15) is 63.0 Å². The summed E-state index contributed by atoms with van der Waals surface area (Å²) in [5.41, 5.74) is 3.35. The highest BCUT2D eigenvalue weighted by atomic mass is 16.5. The summed E-state index contributed by atoms with van der Waals surface area (Å²) in [6.45, 7) is 9.31. The first-order valence-electron chi connectivity index (χ1n) is 20.8. The van der Waals surface area contributed by atoms with Crippen LogP contribution >= 0.6 is 0 Å². The molecule has 0 saturated carbocycles. The molecule has 0 bridgehead atoms. The summed E-state index contributed by atoms with van der Waals surface area (Å²) < 4.78 is 22.1. The number of nitrogens with one attached hydrogen (secondary N) is 1. The van der Waals surface area contributed by atoms with E-state index in [-0.39, 0.29) is 42.2 Å². The van der Waals surface area contributed by atoms with E-state index in [1.807, 2.05) is 18.3 Å². The van der Waals surface area contributed by atoms with Gasteiger partial charge >= 0.3 is 6.03 Å². The van der Waals surface area contributed by atoms with Gasteiger partial charge in [-0.3, -0.25) is 24.7 Å². The van der Waals surface area contributed by atoms with Crippen LogP contribution in [0.2, 0.25) is 0 Å². The minimum atomic E-state index is -0.448. The van der Waals surface area contributed by atoms with E-state index in [2.05, 4.69) is 39.2 Å². The molecule has 0 radical (unpaired) electrons. The molecule has 1 aromatic carbocycles. The maximum absolute atomic E-state index is 13.3. The van der Waals surface area contributed by atoms with Crippen LogP contribution in [0.25, 0.3) is 21.9 Å². The normalized spacial score (nSPS) is 17.5. The number of pyridine rings is 3. The molecule has 0 spiro atoms. The van der Waals surface area contributed by atoms with Crippen molar-refractivity contribution >= 4 is 22.7 Å². The largest absolute Gasteiger partial charge is 0.496 e. The highest BCUT2D eigenvalue weighted by Crippen LogP contribution is 2.38. The van der Waals surface area contributed by atoms with Crippen LogP contribution in [0.3, 0.4) is 0 Å². The summed E-state index contributed by atoms with van der Waals surface area (Å²) in [5, 5.41) is 3.79. The predicted octanol–water partition coefficient (Wildman–Crippen LogP) is 4.67. The van der Waals surface area contributed by atoms with Crippen LogP contribution in [0, 0.1) is 0 Å². The number of unbranched alkanes of at least 4 members (excludes halogenated alkanes) is 1. The molecule has 310 valence electrons. The van der Waals surface area contributed by atoms with E-state index in [1.165, 1.54) is 4.90 Å². The van der Waals surface area contributed by atoms with Gasteiger partial charge in [-0.1, -0.05) is 19.4 Å². The molecular weight excluding hydrogens is 739 g/mol. The van der Waals surface area contributed by atoms with Crippen molar-refractivity contribution in [2.24, 2.45) is 0 Å². The first kappa shape index (κ1) is 41.1. The SMILES string of the molecule is CCCCn1cc(-c2cc(OC)c(CCN3CCC(OC4CCN(CCn5cccc(CN6CCC(=O)NC6=O)c5=O)CC4)CC3)c(OC)c2)c2ccncc2c1=O. The Morgan fingerprint density at radius 3 is 2.14 bits per heavy atom. The second-order valence-corrected chi connectivity index (χ2v) is 15.7. The van der Waals surface area contributed by atoms with Gasteiger partial charge in [-0.05, 0) is 73.7 Å². The van der Waals surface area contributed by atoms with Crippen molar-refractivity contribution in [2.75, 3.05) is 60.0 Å². The van der Waals surface area contributed by atoms with E-state index in [0.717, 1.165) is 118 Å². The Hall–Kier alpha value is -5.05. The number of amides is 3. The van der Waals surface area contributed by atoms with E-state index < -0.39 is 6.03 Å². The van der Waals surface area contributed by atoms with Crippen molar-refractivity contribution in [2.45, 2.75) is 90.1 Å². The molecule has 3 aromatic heterocycles. The molecule has 14 nitrogen and oxygen atoms in total. The highest BCUT2D eigenvalue weighted by molar-refractivity contribution is 5.97. The zero-order chi connectivity index (χ0) is 40.6. The fourth-order valence-electron chi connectivity index (χ4n) is 8.52. The van der Waals surface area contributed by atoms with Gasteiger partial charge in [-0.2, -0.15) is 0 Å². The number of carbonyl (C=O) groups excluding carboxylic acids is 2. The van der Waals surface area contributed by atoms with Gasteiger partial charge in [-0.25, -0.2) is 4.79 Å². The van der Waals surface area contributed by atoms with E-state index in [4.69, 9.17) is 14.2 Å². The van der Waals surface area contributed by atoms with E-state index >= 15 is 0 Å². The Balaban J connectivity index is 0.880. The monoisotopic (exact) mass is 795 g/mol. The molecule has 3 fully saturated rings. The minimum absolute atomic E-state index is 0.0224. The number of likely N-dealkylation sites (tertiary alicyclic amines) is 2. The summed E-state index contributed by atoms with van der Waals surface area (Å²) in [5.74, 6) is 1.27. The highest BCUT2D eigenvalue weighted by Gasteiger charge is 2.27. The number of imide groups is 1. The molecule has 1 N–H and O–H groups in total. The molecule has 3 aliphatic heterocycles. The number of benzene rings is 1. The number of piperidine rings is 2. The Morgan fingerprint density at radius 1 is 0.793 bits per heavy atom. The van der Waals surface area contributed by atoms with Crippen molar-refractivity contribution in [1.82, 2.24) is 34.1 Å². The second-order valence-electron chi connectivity index (χ2n) is 15.7. The lowest BCUT2D eigenvalue weighted by atomic mass is 9.97. The summed E-state index contributed by atoms with van der Waals surface area (Å²) in [7, 11) is 3.40. The summed E-state index contributed by atoms with van der Waals surface area (Å²) >= 11 is 0. The molecular formula is C44H57N7O7. The van der Waals surface area contributed by atoms with Gasteiger partial charge in [0.15, 0.2) is 0 Å². The molecule has 0 atom stereocenters. The molecule has 14 heteroatoms. The molecule has 6 heterocycles. The van der Waals surface area contributed by atoms with Gasteiger partial charge in [0.05, 0.1) is 38.4 Å². The van der Waals surface area contributed by atoms with Crippen LogP contribution < -0.4 is 25.9 Å². The average molecular weight is 796 g/mol. The first-order valence-corrected chi connectivity index (χ1v) is 20.8. The predicted molar refractivity (Wildman–Crippen MR) is 222 cm³/mol. The first-order chi connectivity index (χ1) is 28.2. The molecule has 3 saturated heterocycles. The van der Waals surface area contributed by atoms with Crippen LogP contribution in [0.5, 0.6) is 11.5 Å². The number of hydrogen-bond acceptors (Lipinski definition) is 10. The van der Waals surface area contributed by atoms with Crippen molar-refractivity contribution in [3.8, 4) is 22.6 Å². The Labute approximate surface area is 339 Å². The molecule has 3 amide bonds. The lowest BCUT2D eigenvalue weighted by Crippen LogP contribution is -2.49. The number of aromatic nitrogens is 3. The number of methoxy groups -OCH3 is 2. The van der Waals surface area contributed by atoms with Crippen molar-refractivity contribution in [3.63, 3.8) is 0 Å². The van der Waals surface area contributed by atoms with E-state index in [9.17, 15) is 19.2 Å². The molecule has 7 rings (SSSR count). The third-order valence-electron chi connectivity index (χ3n) is 12.0. The van der Waals surface area contributed by atoms with Gasteiger partial charge in [0, 0.05) is 107 Å². The number of nitrogens with zero attached hydrogens (tertiary/aromatic N) is 6. The third-order valence-corrected chi connectivity index (χ3v) is 12.0. The van der Waals surface area contributed by atoms with Gasteiger partial charge in [0.25, 0.3) is 11.1 Å². The molecule has 4 aromatic rings. The minimum Gasteiger partial charge on any atom is -0.496 e. The zero-order valence-electron chi connectivity index (χ0n) is 34.1. The topological polar surface area (TPSA) is 140 Å². The number of urea groups is 1. The lowest BCUT2D eigenvalue weighted by molar-refractivity contribution is -0.121. The summed E-state index contributed by atoms with van der Waals surface area (Å²) in [4.78, 5) is 60.7. The van der Waals surface area contributed by atoms with Crippen LogP contribution in [0.15, 0.2) is 64.7 Å². The van der Waals surface area contributed by atoms with Gasteiger partial charge in [0.2, 0.25) is 5.91 Å². The second kappa shape index (κ2) is 19.1. The standard InChI is InChI=1S/C44H57N7O7/c1-4-5-16-50-30-38(35-8-15-45-28-37(35)43(50)54)32-26-39(56-2)36(40(27-32)57-3)13-22-47-18-9-33(10-19-47)58-34-11-20-48(21-12-34)24-25-49-17-6-7-31(42(49)53)29-51-23-14-41(52)46-44(51)55/h6-8,15,17,26-28,30,33-34H,4-5,9-14,16,18-25,29H2,1-3H3,(H,46,52,55). The number of fused-ring (bicyclic) bond motifs is 1. The maximum atomic E-state index is 13.3. The Kier molecular flexibility index (Phi) is 13.6. The fourth-order valence-corrected chi connectivity index (χ4v) is 8.52. The molecule has 0 aliphatic carbocycles. The van der Waals surface area contributed by atoms with Crippen molar-refractivity contribution in [1.29, 1.82) is 0 Å². The zero-order valence-corrected chi connectivity index (χ0v) is 34.1. The number of hydrogen-bond donors (Lipinski definition) is 1. The van der Waals surface area contributed by atoms with Crippen LogP contribution in [0.4, 0.5) is 4.79 Å². The third kappa shape index (κ3) is 9.62. The number of rotatable bonds is 16. The van der Waals surface area contributed by atoms with Crippen molar-refractivity contribution in [3.05, 3.63) is 87.0 Å². The smallest absolute Gasteiger partial charge is 0.324 e. The van der Waals surface area contributed by atoms with Gasteiger partial charge in [0.1, 0.15) is 11.5 Å². The number of carbonyl (C=O) groups is 2. The van der Waals surface area contributed by atoms with E-state index in [1.54, 1.807) is 48.0 Å². The van der Waals surface area contributed by atoms with E-state index in [0.29, 0.717) is 30.6 Å². The summed E-state index contributed by atoms with van der Waals surface area (Å²) in [6, 6.07) is 9.19. The maximum Gasteiger partial charge on any atom is 0.324 e. The van der Waals surface area contributed by atoms with Crippen LogP contribution in [-0.2, 0) is 35.6 Å².